The van der Waals surface area contributed by atoms with Crippen molar-refractivity contribution in [3.05, 3.63) is 0 Å². The Morgan fingerprint density at radius 2 is 0.917 bits per heavy atom. The maximum atomic E-state index is 7.00. The third-order valence-corrected chi connectivity index (χ3v) is 1.50. The zero-order valence-corrected chi connectivity index (χ0v) is 9.69. The molecule has 1 aliphatic carbocycles. The van der Waals surface area contributed by atoms with Crippen LogP contribution in [-0.2, 0) is 0 Å². The van der Waals surface area contributed by atoms with E-state index in [0.29, 0.717) is 0 Å². The highest BCUT2D eigenvalue weighted by Crippen LogP contribution is 2.15. The fourth-order valence-electron chi connectivity index (χ4n) is 0.250. The Morgan fingerprint density at radius 1 is 0.750 bits per heavy atom. The maximum Gasteiger partial charge on any atom is 0.0319 e. The van der Waals surface area contributed by atoms with E-state index in [1.54, 1.807) is 0 Å². The van der Waals surface area contributed by atoms with Crippen LogP contribution in [0.5, 0.6) is 0 Å². The molecular weight excluding hydrogens is 148 g/mol. The van der Waals surface area contributed by atoms with Gasteiger partial charge in [-0.05, 0) is 0 Å². The van der Waals surface area contributed by atoms with Gasteiger partial charge in [0.15, 0.2) is 0 Å². The second-order valence-electron chi connectivity index (χ2n) is 2.41. The first kappa shape index (κ1) is 17.9. The smallest absolute Gasteiger partial charge is 0.0319 e. The standard InChI is InChI=1S/C4H8.C4H10.C2H6.CH4O/c1-2-4-3-1;1-3-4-2;2*1-2/h1-4H2;3-4H2,1-2H3;1-2H3;2H,1H3. The lowest BCUT2D eigenvalue weighted by Crippen LogP contribution is -1.85. The minimum atomic E-state index is 1.00. The Morgan fingerprint density at radius 3 is 0.917 bits per heavy atom. The van der Waals surface area contributed by atoms with Gasteiger partial charge in [0.25, 0.3) is 0 Å². The maximum absolute atomic E-state index is 7.00. The Hall–Kier alpha value is -0.0400. The summed E-state index contributed by atoms with van der Waals surface area (Å²) >= 11 is 0. The summed E-state index contributed by atoms with van der Waals surface area (Å²) in [7, 11) is 1.00. The van der Waals surface area contributed by atoms with Crippen molar-refractivity contribution in [2.75, 3.05) is 7.11 Å². The van der Waals surface area contributed by atoms with E-state index in [2.05, 4.69) is 13.8 Å². The predicted molar refractivity (Wildman–Crippen MR) is 58.5 cm³/mol. The van der Waals surface area contributed by atoms with Crippen LogP contribution in [0.2, 0.25) is 0 Å². The number of aliphatic hydroxyl groups excluding tert-OH is 1. The van der Waals surface area contributed by atoms with E-state index >= 15 is 0 Å². The lowest BCUT2D eigenvalue weighted by molar-refractivity contribution is 0.399. The second kappa shape index (κ2) is 30.6. The van der Waals surface area contributed by atoms with Gasteiger partial charge in [-0.2, -0.15) is 0 Å². The largest absolute Gasteiger partial charge is 0.400 e. The highest BCUT2D eigenvalue weighted by Gasteiger charge is 1.95. The first-order valence-electron chi connectivity index (χ1n) is 5.36. The fourth-order valence-corrected chi connectivity index (χ4v) is 0.250. The van der Waals surface area contributed by atoms with Crippen molar-refractivity contribution < 1.29 is 5.11 Å². The summed E-state index contributed by atoms with van der Waals surface area (Å²) in [5.41, 5.74) is 0. The molecule has 0 unspecified atom stereocenters. The molecule has 0 saturated heterocycles. The molecule has 0 heterocycles. The molecule has 0 aromatic heterocycles. The first-order valence-corrected chi connectivity index (χ1v) is 5.36. The van der Waals surface area contributed by atoms with Crippen molar-refractivity contribution in [1.82, 2.24) is 0 Å². The summed E-state index contributed by atoms with van der Waals surface area (Å²) in [6, 6.07) is 0. The monoisotopic (exact) mass is 176 g/mol. The van der Waals surface area contributed by atoms with Crippen LogP contribution in [0.3, 0.4) is 0 Å². The van der Waals surface area contributed by atoms with Gasteiger partial charge in [0.2, 0.25) is 0 Å². The van der Waals surface area contributed by atoms with E-state index in [-0.39, 0.29) is 0 Å². The van der Waals surface area contributed by atoms with Gasteiger partial charge >= 0.3 is 0 Å². The number of aliphatic hydroxyl groups is 1. The SMILES string of the molecule is C1CCC1.CC.CCCC.CO. The van der Waals surface area contributed by atoms with E-state index in [1.807, 2.05) is 13.8 Å². The molecule has 0 aromatic rings. The lowest BCUT2D eigenvalue weighted by Gasteiger charge is -2.05. The molecule has 0 aromatic carbocycles. The van der Waals surface area contributed by atoms with E-state index < -0.39 is 0 Å². The summed E-state index contributed by atoms with van der Waals surface area (Å²) in [5.74, 6) is 0. The quantitative estimate of drug-likeness (QED) is 0.640. The summed E-state index contributed by atoms with van der Waals surface area (Å²) in [5, 5.41) is 7.00. The van der Waals surface area contributed by atoms with Crippen LogP contribution >= 0.6 is 0 Å². The van der Waals surface area contributed by atoms with Gasteiger partial charge in [-0.1, -0.05) is 66.2 Å². The lowest BCUT2D eigenvalue weighted by atomic mass is 10.0. The Labute approximate surface area is 79.2 Å². The zero-order valence-electron chi connectivity index (χ0n) is 9.69. The van der Waals surface area contributed by atoms with E-state index in [9.17, 15) is 0 Å². The molecule has 0 spiro atoms. The highest BCUT2D eigenvalue weighted by atomic mass is 16.2. The summed E-state index contributed by atoms with van der Waals surface area (Å²) in [4.78, 5) is 0. The van der Waals surface area contributed by atoms with Crippen LogP contribution < -0.4 is 0 Å². The summed E-state index contributed by atoms with van der Waals surface area (Å²) < 4.78 is 0. The fraction of sp³-hybridized carbons (Fsp3) is 1.00. The van der Waals surface area contributed by atoms with E-state index in [1.165, 1.54) is 38.5 Å². The normalized spacial score (nSPS) is 11.5. The second-order valence-corrected chi connectivity index (χ2v) is 2.41. The van der Waals surface area contributed by atoms with Gasteiger partial charge in [0, 0.05) is 7.11 Å². The van der Waals surface area contributed by atoms with Crippen molar-refractivity contribution >= 4 is 0 Å². The topological polar surface area (TPSA) is 20.2 Å². The minimum Gasteiger partial charge on any atom is -0.400 e. The summed E-state index contributed by atoms with van der Waals surface area (Å²) in [6.07, 6.45) is 8.64. The van der Waals surface area contributed by atoms with E-state index in [0.717, 1.165) is 7.11 Å². The van der Waals surface area contributed by atoms with Gasteiger partial charge in [0.05, 0.1) is 0 Å². The first-order chi connectivity index (χ1) is 5.91. The molecule has 0 aliphatic heterocycles. The Kier molecular flexibility index (Phi) is 45.6. The molecule has 1 nitrogen and oxygen atoms in total. The van der Waals surface area contributed by atoms with Crippen LogP contribution in [0.4, 0.5) is 0 Å². The van der Waals surface area contributed by atoms with Crippen molar-refractivity contribution in [1.29, 1.82) is 0 Å². The average molecular weight is 176 g/mol. The van der Waals surface area contributed by atoms with Crippen molar-refractivity contribution in [3.63, 3.8) is 0 Å². The Bertz CT molecular complexity index is 26.0. The van der Waals surface area contributed by atoms with Crippen LogP contribution in [0.1, 0.15) is 66.2 Å². The summed E-state index contributed by atoms with van der Waals surface area (Å²) in [6.45, 7) is 8.36. The molecule has 1 heteroatoms. The number of hydrogen-bond acceptors (Lipinski definition) is 1. The molecule has 0 bridgehead atoms. The van der Waals surface area contributed by atoms with Gasteiger partial charge < -0.3 is 5.11 Å². The van der Waals surface area contributed by atoms with Crippen LogP contribution in [0.25, 0.3) is 0 Å². The van der Waals surface area contributed by atoms with Gasteiger partial charge in [-0.15, -0.1) is 0 Å². The van der Waals surface area contributed by atoms with Crippen LogP contribution in [0, 0.1) is 0 Å². The number of hydrogen-bond donors (Lipinski definition) is 1. The van der Waals surface area contributed by atoms with Crippen LogP contribution in [-0.4, -0.2) is 12.2 Å². The molecule has 0 amide bonds. The molecule has 0 radical (unpaired) electrons. The molecular formula is C11H28O. The zero-order chi connectivity index (χ0) is 10.2. The molecule has 1 fully saturated rings. The predicted octanol–water partition coefficient (Wildman–Crippen LogP) is 4.00. The Balaban J connectivity index is -0.0000000967. The number of rotatable bonds is 1. The van der Waals surface area contributed by atoms with Gasteiger partial charge in [-0.25, -0.2) is 0 Å². The molecule has 12 heavy (non-hydrogen) atoms. The third-order valence-electron chi connectivity index (χ3n) is 1.50. The average Bonchev–Trinajstić information content (AvgIpc) is 2.08. The van der Waals surface area contributed by atoms with Crippen LogP contribution in [0.15, 0.2) is 0 Å². The van der Waals surface area contributed by atoms with Crippen molar-refractivity contribution in [2.24, 2.45) is 0 Å². The molecule has 78 valence electrons. The molecule has 1 N–H and O–H groups in total. The molecule has 1 saturated carbocycles. The van der Waals surface area contributed by atoms with Gasteiger partial charge in [-0.3, -0.25) is 0 Å². The molecule has 1 rings (SSSR count). The van der Waals surface area contributed by atoms with E-state index in [4.69, 9.17) is 5.11 Å². The molecule has 0 atom stereocenters. The number of unbranched alkanes of at least 4 members (excludes halogenated alkanes) is 1. The highest BCUT2D eigenvalue weighted by molar-refractivity contribution is 4.50. The third kappa shape index (κ3) is 32.5. The molecule has 1 aliphatic rings. The van der Waals surface area contributed by atoms with Crippen molar-refractivity contribution in [3.8, 4) is 0 Å². The van der Waals surface area contributed by atoms with Crippen molar-refractivity contribution in [2.45, 2.75) is 66.2 Å². The minimum absolute atomic E-state index is 1.00. The van der Waals surface area contributed by atoms with Gasteiger partial charge in [0.1, 0.15) is 0 Å².